The van der Waals surface area contributed by atoms with Crippen LogP contribution in [0, 0.1) is 11.8 Å². The Morgan fingerprint density at radius 2 is 1.83 bits per heavy atom. The summed E-state index contributed by atoms with van der Waals surface area (Å²) in [6.07, 6.45) is 2.71. The van der Waals surface area contributed by atoms with E-state index in [1.807, 2.05) is 41.1 Å². The molecule has 0 bridgehead atoms. The first kappa shape index (κ1) is 17.3. The predicted octanol–water partition coefficient (Wildman–Crippen LogP) is 4.01. The molecule has 1 aromatic heterocycles. The van der Waals surface area contributed by atoms with Gasteiger partial charge in [0, 0.05) is 32.0 Å². The highest BCUT2D eigenvalue weighted by Gasteiger charge is 2.12. The van der Waals surface area contributed by atoms with Crippen molar-refractivity contribution in [1.82, 2.24) is 4.57 Å². The molecule has 1 heterocycles. The highest BCUT2D eigenvalue weighted by Crippen LogP contribution is 2.10. The van der Waals surface area contributed by atoms with Crippen LogP contribution in [0.3, 0.4) is 0 Å². The van der Waals surface area contributed by atoms with Gasteiger partial charge in [-0.25, -0.2) is 0 Å². The van der Waals surface area contributed by atoms with Crippen LogP contribution in [-0.4, -0.2) is 25.5 Å². The summed E-state index contributed by atoms with van der Waals surface area (Å²) in [5.41, 5.74) is 2.37. The maximum atomic E-state index is 11.2. The molecule has 0 aliphatic heterocycles. The lowest BCUT2D eigenvalue weighted by molar-refractivity contribution is 0.0837. The van der Waals surface area contributed by atoms with Gasteiger partial charge < -0.3 is 9.30 Å². The number of ether oxygens (including phenoxy) is 1. The lowest BCUT2D eigenvalue weighted by Gasteiger charge is -2.15. The average Bonchev–Trinajstić information content (AvgIpc) is 2.92. The Morgan fingerprint density at radius 3 is 2.48 bits per heavy atom. The maximum absolute atomic E-state index is 11.2. The van der Waals surface area contributed by atoms with Gasteiger partial charge in [-0.05, 0) is 24.2 Å². The summed E-state index contributed by atoms with van der Waals surface area (Å²) >= 11 is 0. The molecule has 0 radical (unpaired) electrons. The number of nitrogens with zero attached hydrogens (tertiary/aromatic N) is 1. The number of carbonyl (C=O) groups is 1. The van der Waals surface area contributed by atoms with E-state index in [0.717, 1.165) is 30.1 Å². The zero-order valence-electron chi connectivity index (χ0n) is 14.0. The van der Waals surface area contributed by atoms with E-state index < -0.39 is 8.07 Å². The van der Waals surface area contributed by atoms with Crippen LogP contribution in [0.25, 0.3) is 0 Å². The van der Waals surface area contributed by atoms with Gasteiger partial charge in [-0.3, -0.25) is 4.79 Å². The molecule has 0 aliphatic carbocycles. The van der Waals surface area contributed by atoms with Gasteiger partial charge in [-0.1, -0.05) is 49.7 Å². The van der Waals surface area contributed by atoms with Gasteiger partial charge in [-0.15, -0.1) is 0 Å². The van der Waals surface area contributed by atoms with Gasteiger partial charge in [-0.2, -0.15) is 0 Å². The van der Waals surface area contributed by atoms with Crippen LogP contribution in [0.2, 0.25) is 25.7 Å². The molecule has 1 aromatic carbocycles. The van der Waals surface area contributed by atoms with E-state index in [-0.39, 0.29) is 0 Å². The molecule has 2 aromatic rings. The van der Waals surface area contributed by atoms with E-state index in [1.54, 1.807) is 6.07 Å². The predicted molar refractivity (Wildman–Crippen MR) is 96.3 cm³/mol. The first-order chi connectivity index (χ1) is 11.0. The molecule has 4 heteroatoms. The Kier molecular flexibility index (Phi) is 5.97. The summed E-state index contributed by atoms with van der Waals surface area (Å²) in [5.74, 6) is 6.19. The Balaban J connectivity index is 2.00. The summed E-state index contributed by atoms with van der Waals surface area (Å²) in [5, 5.41) is 0. The van der Waals surface area contributed by atoms with Crippen molar-refractivity contribution < 1.29 is 9.53 Å². The molecule has 3 nitrogen and oxygen atoms in total. The Morgan fingerprint density at radius 1 is 1.13 bits per heavy atom. The Hall–Kier alpha value is -2.09. The topological polar surface area (TPSA) is 31.2 Å². The normalized spacial score (nSPS) is 10.9. The minimum Gasteiger partial charge on any atom is -0.361 e. The molecular formula is C19H23NO2Si. The third-order valence-corrected chi connectivity index (χ3v) is 5.11. The molecule has 0 amide bonds. The fourth-order valence-corrected chi connectivity index (χ4v) is 2.77. The molecule has 0 unspecified atom stereocenters. The van der Waals surface area contributed by atoms with Crippen LogP contribution in [0.4, 0.5) is 0 Å². The van der Waals surface area contributed by atoms with Crippen LogP contribution in [0.15, 0.2) is 42.6 Å². The first-order valence-corrected chi connectivity index (χ1v) is 11.5. The number of aromatic nitrogens is 1. The maximum Gasteiger partial charge on any atom is 0.166 e. The van der Waals surface area contributed by atoms with Gasteiger partial charge in [0.25, 0.3) is 0 Å². The third-order valence-electron chi connectivity index (χ3n) is 3.40. The van der Waals surface area contributed by atoms with Crippen molar-refractivity contribution in [2.45, 2.75) is 32.4 Å². The molecule has 0 spiro atoms. The van der Waals surface area contributed by atoms with Crippen molar-refractivity contribution >= 4 is 14.4 Å². The highest BCUT2D eigenvalue weighted by molar-refractivity contribution is 6.76. The van der Waals surface area contributed by atoms with E-state index in [0.29, 0.717) is 12.4 Å². The summed E-state index contributed by atoms with van der Waals surface area (Å²) in [4.78, 5) is 11.2. The Labute approximate surface area is 139 Å². The summed E-state index contributed by atoms with van der Waals surface area (Å²) in [6, 6.07) is 12.7. The molecule has 0 atom stereocenters. The highest BCUT2D eigenvalue weighted by atomic mass is 28.3. The zero-order chi connectivity index (χ0) is 16.7. The second-order valence-electron chi connectivity index (χ2n) is 6.71. The van der Waals surface area contributed by atoms with Crippen molar-refractivity contribution in [1.29, 1.82) is 0 Å². The molecule has 0 N–H and O–H groups in total. The second kappa shape index (κ2) is 7.96. The SMILES string of the molecule is C[Si](C)(C)CCOCn1cc(C#Cc2ccccc2)cc1C=O. The smallest absolute Gasteiger partial charge is 0.166 e. The Bertz CT molecular complexity index is 702. The van der Waals surface area contributed by atoms with Gasteiger partial charge >= 0.3 is 0 Å². The fourth-order valence-electron chi connectivity index (χ4n) is 2.01. The van der Waals surface area contributed by atoms with E-state index in [9.17, 15) is 4.79 Å². The number of rotatable bonds is 6. The van der Waals surface area contributed by atoms with Crippen LogP contribution in [-0.2, 0) is 11.5 Å². The van der Waals surface area contributed by atoms with Crippen LogP contribution < -0.4 is 0 Å². The fraction of sp³-hybridized carbons (Fsp3) is 0.316. The van der Waals surface area contributed by atoms with Gasteiger partial charge in [0.05, 0.1) is 5.69 Å². The second-order valence-corrected chi connectivity index (χ2v) is 12.3. The summed E-state index contributed by atoms with van der Waals surface area (Å²) in [6.45, 7) is 8.09. The van der Waals surface area contributed by atoms with Crippen LogP contribution in [0.5, 0.6) is 0 Å². The first-order valence-electron chi connectivity index (χ1n) is 7.78. The number of carbonyl (C=O) groups excluding carboxylic acids is 1. The zero-order valence-corrected chi connectivity index (χ0v) is 15.0. The van der Waals surface area contributed by atoms with Gasteiger partial charge in [0.1, 0.15) is 6.73 Å². The molecule has 0 saturated heterocycles. The number of aldehydes is 1. The minimum atomic E-state index is -1.09. The van der Waals surface area contributed by atoms with Crippen molar-refractivity contribution in [3.8, 4) is 11.8 Å². The minimum absolute atomic E-state index is 0.394. The number of hydrogen-bond acceptors (Lipinski definition) is 2. The summed E-state index contributed by atoms with van der Waals surface area (Å²) in [7, 11) is -1.09. The number of hydrogen-bond donors (Lipinski definition) is 0. The summed E-state index contributed by atoms with van der Waals surface area (Å²) < 4.78 is 7.52. The van der Waals surface area contributed by atoms with Gasteiger partial charge in [0.2, 0.25) is 0 Å². The van der Waals surface area contributed by atoms with E-state index in [1.165, 1.54) is 0 Å². The molecule has 23 heavy (non-hydrogen) atoms. The average molecular weight is 325 g/mol. The molecule has 120 valence electrons. The molecule has 2 rings (SSSR count). The molecular weight excluding hydrogens is 302 g/mol. The van der Waals surface area contributed by atoms with Crippen LogP contribution >= 0.6 is 0 Å². The largest absolute Gasteiger partial charge is 0.361 e. The third kappa shape index (κ3) is 5.89. The quantitative estimate of drug-likeness (QED) is 0.348. The van der Waals surface area contributed by atoms with Crippen molar-refractivity contribution in [2.75, 3.05) is 6.61 Å². The lowest BCUT2D eigenvalue weighted by Crippen LogP contribution is -2.22. The monoisotopic (exact) mass is 325 g/mol. The lowest BCUT2D eigenvalue weighted by atomic mass is 10.2. The van der Waals surface area contributed by atoms with E-state index in [4.69, 9.17) is 4.74 Å². The molecule has 0 aliphatic rings. The van der Waals surface area contributed by atoms with E-state index >= 15 is 0 Å². The van der Waals surface area contributed by atoms with Crippen molar-refractivity contribution in [3.63, 3.8) is 0 Å². The van der Waals surface area contributed by atoms with Crippen molar-refractivity contribution in [3.05, 3.63) is 59.4 Å². The standard InChI is InChI=1S/C19H23NO2Si/c1-23(2,3)12-11-22-16-20-14-18(13-19(20)15-21)10-9-17-7-5-4-6-8-17/h4-8,13-15H,11-12,16H2,1-3H3. The van der Waals surface area contributed by atoms with Crippen molar-refractivity contribution in [2.24, 2.45) is 0 Å². The molecule has 0 saturated carbocycles. The number of benzene rings is 1. The van der Waals surface area contributed by atoms with Gasteiger partial charge in [0.15, 0.2) is 6.29 Å². The van der Waals surface area contributed by atoms with Crippen LogP contribution in [0.1, 0.15) is 21.6 Å². The molecule has 0 fully saturated rings. The van der Waals surface area contributed by atoms with E-state index in [2.05, 4.69) is 31.5 Å².